The summed E-state index contributed by atoms with van der Waals surface area (Å²) in [6.45, 7) is 0. The summed E-state index contributed by atoms with van der Waals surface area (Å²) >= 11 is 0. The highest BCUT2D eigenvalue weighted by Gasteiger charge is 2.15. The van der Waals surface area contributed by atoms with Crippen molar-refractivity contribution in [3.05, 3.63) is 71.5 Å². The molecule has 0 radical (unpaired) electrons. The summed E-state index contributed by atoms with van der Waals surface area (Å²) in [5.74, 6) is -1.30. The Morgan fingerprint density at radius 3 is 2.30 bits per heavy atom. The fraction of sp³-hybridized carbons (Fsp3) is 0. The first kappa shape index (κ1) is 12.2. The van der Waals surface area contributed by atoms with E-state index in [1.807, 2.05) is 36.4 Å². The third kappa shape index (κ3) is 1.97. The molecule has 0 saturated carbocycles. The van der Waals surface area contributed by atoms with Gasteiger partial charge in [0, 0.05) is 5.56 Å². The number of aromatic carboxylic acids is 1. The minimum Gasteiger partial charge on any atom is -0.477 e. The Morgan fingerprint density at radius 1 is 0.850 bits per heavy atom. The van der Waals surface area contributed by atoms with E-state index < -0.39 is 5.97 Å². The molecule has 0 aliphatic rings. The van der Waals surface area contributed by atoms with Gasteiger partial charge in [0.25, 0.3) is 0 Å². The average molecular weight is 265 g/mol. The lowest BCUT2D eigenvalue weighted by molar-refractivity contribution is 0.0691. The first-order valence-electron chi connectivity index (χ1n) is 6.11. The molecule has 0 aliphatic carbocycles. The van der Waals surface area contributed by atoms with Crippen molar-refractivity contribution in [2.45, 2.75) is 0 Å². The van der Waals surface area contributed by atoms with Crippen LogP contribution in [0.3, 0.4) is 0 Å². The molecular weight excluding hydrogens is 254 g/mol. The zero-order valence-corrected chi connectivity index (χ0v) is 10.5. The standard InChI is InChI=1S/C16H11NO3/c18-15(13-8-9-14(17-13)16(19)20)12-7-3-5-10-4-1-2-6-11(10)12/h1-9,17H,(H,19,20). The molecule has 0 fully saturated rings. The van der Waals surface area contributed by atoms with Crippen LogP contribution in [0.25, 0.3) is 10.8 Å². The number of H-pyrrole nitrogens is 1. The van der Waals surface area contributed by atoms with Gasteiger partial charge >= 0.3 is 5.97 Å². The first-order valence-corrected chi connectivity index (χ1v) is 6.11. The average Bonchev–Trinajstić information content (AvgIpc) is 2.96. The zero-order chi connectivity index (χ0) is 14.1. The lowest BCUT2D eigenvalue weighted by Gasteiger charge is -2.04. The quantitative estimate of drug-likeness (QED) is 0.715. The molecule has 1 aromatic heterocycles. The van der Waals surface area contributed by atoms with Crippen LogP contribution in [0.5, 0.6) is 0 Å². The van der Waals surface area contributed by atoms with Crippen molar-refractivity contribution < 1.29 is 14.7 Å². The zero-order valence-electron chi connectivity index (χ0n) is 10.5. The van der Waals surface area contributed by atoms with E-state index in [0.717, 1.165) is 10.8 Å². The molecule has 0 spiro atoms. The van der Waals surface area contributed by atoms with Crippen molar-refractivity contribution in [3.63, 3.8) is 0 Å². The molecule has 0 amide bonds. The normalized spacial score (nSPS) is 10.6. The predicted octanol–water partition coefficient (Wildman–Crippen LogP) is 3.10. The smallest absolute Gasteiger partial charge is 0.352 e. The molecule has 0 saturated heterocycles. The van der Waals surface area contributed by atoms with Crippen LogP contribution in [-0.2, 0) is 0 Å². The molecule has 0 bridgehead atoms. The van der Waals surface area contributed by atoms with Gasteiger partial charge in [-0.25, -0.2) is 4.79 Å². The molecule has 20 heavy (non-hydrogen) atoms. The van der Waals surface area contributed by atoms with E-state index in [-0.39, 0.29) is 17.2 Å². The van der Waals surface area contributed by atoms with Crippen LogP contribution < -0.4 is 0 Å². The van der Waals surface area contributed by atoms with Crippen LogP contribution >= 0.6 is 0 Å². The predicted molar refractivity (Wildman–Crippen MR) is 75.1 cm³/mol. The second kappa shape index (κ2) is 4.66. The van der Waals surface area contributed by atoms with Crippen LogP contribution in [0, 0.1) is 0 Å². The third-order valence-electron chi connectivity index (χ3n) is 3.20. The van der Waals surface area contributed by atoms with Gasteiger partial charge in [0.05, 0.1) is 5.69 Å². The molecule has 2 N–H and O–H groups in total. The number of rotatable bonds is 3. The monoisotopic (exact) mass is 265 g/mol. The van der Waals surface area contributed by atoms with Gasteiger partial charge < -0.3 is 10.1 Å². The SMILES string of the molecule is O=C(O)c1ccc(C(=O)c2cccc3ccccc23)[nH]1. The van der Waals surface area contributed by atoms with Crippen molar-refractivity contribution in [2.75, 3.05) is 0 Å². The van der Waals surface area contributed by atoms with Gasteiger partial charge in [0.1, 0.15) is 5.69 Å². The van der Waals surface area contributed by atoms with Crippen LogP contribution in [0.2, 0.25) is 0 Å². The lowest BCUT2D eigenvalue weighted by atomic mass is 10.00. The molecule has 4 heteroatoms. The first-order chi connectivity index (χ1) is 9.66. The maximum absolute atomic E-state index is 12.5. The summed E-state index contributed by atoms with van der Waals surface area (Å²) in [7, 11) is 0. The maximum Gasteiger partial charge on any atom is 0.352 e. The number of aromatic amines is 1. The third-order valence-corrected chi connectivity index (χ3v) is 3.20. The summed E-state index contributed by atoms with van der Waals surface area (Å²) in [6, 6.07) is 16.0. The number of carbonyl (C=O) groups excluding carboxylic acids is 1. The van der Waals surface area contributed by atoms with E-state index in [1.54, 1.807) is 6.07 Å². The summed E-state index contributed by atoms with van der Waals surface area (Å²) in [6.07, 6.45) is 0. The Kier molecular flexibility index (Phi) is 2.84. The highest BCUT2D eigenvalue weighted by molar-refractivity contribution is 6.15. The topological polar surface area (TPSA) is 70.2 Å². The van der Waals surface area contributed by atoms with Crippen molar-refractivity contribution in [2.24, 2.45) is 0 Å². The fourth-order valence-corrected chi connectivity index (χ4v) is 2.22. The Morgan fingerprint density at radius 2 is 1.55 bits per heavy atom. The number of aromatic nitrogens is 1. The Bertz CT molecular complexity index is 812. The molecule has 0 unspecified atom stereocenters. The van der Waals surface area contributed by atoms with E-state index in [4.69, 9.17) is 5.11 Å². The summed E-state index contributed by atoms with van der Waals surface area (Å²) < 4.78 is 0. The van der Waals surface area contributed by atoms with Gasteiger partial charge in [-0.15, -0.1) is 0 Å². The number of hydrogen-bond acceptors (Lipinski definition) is 2. The van der Waals surface area contributed by atoms with Gasteiger partial charge in [-0.1, -0.05) is 42.5 Å². The van der Waals surface area contributed by atoms with Crippen molar-refractivity contribution in [1.29, 1.82) is 0 Å². The van der Waals surface area contributed by atoms with Crippen LogP contribution in [0.15, 0.2) is 54.6 Å². The van der Waals surface area contributed by atoms with Gasteiger partial charge in [0.15, 0.2) is 0 Å². The molecule has 1 heterocycles. The highest BCUT2D eigenvalue weighted by atomic mass is 16.4. The van der Waals surface area contributed by atoms with Crippen LogP contribution in [0.4, 0.5) is 0 Å². The molecule has 2 aromatic carbocycles. The number of carboxylic acids is 1. The second-order valence-corrected chi connectivity index (χ2v) is 4.45. The summed E-state index contributed by atoms with van der Waals surface area (Å²) in [4.78, 5) is 25.9. The van der Waals surface area contributed by atoms with Gasteiger partial charge in [-0.2, -0.15) is 0 Å². The van der Waals surface area contributed by atoms with Gasteiger partial charge in [0.2, 0.25) is 5.78 Å². The van der Waals surface area contributed by atoms with Crippen molar-refractivity contribution in [3.8, 4) is 0 Å². The molecule has 0 aliphatic heterocycles. The number of fused-ring (bicyclic) bond motifs is 1. The Balaban J connectivity index is 2.10. The molecule has 98 valence electrons. The van der Waals surface area contributed by atoms with E-state index in [2.05, 4.69) is 4.98 Å². The second-order valence-electron chi connectivity index (χ2n) is 4.45. The molecule has 4 nitrogen and oxygen atoms in total. The van der Waals surface area contributed by atoms with Crippen molar-refractivity contribution >= 4 is 22.5 Å². The Hall–Kier alpha value is -2.88. The van der Waals surface area contributed by atoms with E-state index in [1.165, 1.54) is 12.1 Å². The Labute approximate surface area is 114 Å². The van der Waals surface area contributed by atoms with E-state index in [0.29, 0.717) is 5.56 Å². The lowest BCUT2D eigenvalue weighted by Crippen LogP contribution is -2.04. The highest BCUT2D eigenvalue weighted by Crippen LogP contribution is 2.21. The number of carbonyl (C=O) groups is 2. The largest absolute Gasteiger partial charge is 0.477 e. The molecule has 3 rings (SSSR count). The van der Waals surface area contributed by atoms with E-state index in [9.17, 15) is 9.59 Å². The number of benzene rings is 2. The van der Waals surface area contributed by atoms with Crippen LogP contribution in [-0.4, -0.2) is 21.8 Å². The molecular formula is C16H11NO3. The maximum atomic E-state index is 12.5. The number of hydrogen-bond donors (Lipinski definition) is 2. The number of carboxylic acid groups (broad SMARTS) is 1. The summed E-state index contributed by atoms with van der Waals surface area (Å²) in [5.41, 5.74) is 0.842. The van der Waals surface area contributed by atoms with Crippen LogP contribution in [0.1, 0.15) is 26.5 Å². The summed E-state index contributed by atoms with van der Waals surface area (Å²) in [5, 5.41) is 10.7. The minimum atomic E-state index is -1.08. The van der Waals surface area contributed by atoms with Gasteiger partial charge in [-0.05, 0) is 22.9 Å². The fourth-order valence-electron chi connectivity index (χ4n) is 2.22. The van der Waals surface area contributed by atoms with Crippen molar-refractivity contribution in [1.82, 2.24) is 4.98 Å². The van der Waals surface area contributed by atoms with E-state index >= 15 is 0 Å². The molecule has 0 atom stereocenters. The van der Waals surface area contributed by atoms with Gasteiger partial charge in [-0.3, -0.25) is 4.79 Å². The minimum absolute atomic E-state index is 0.00795. The molecule has 3 aromatic rings. The number of ketones is 1. The number of nitrogens with one attached hydrogen (secondary N) is 1.